The van der Waals surface area contributed by atoms with Crippen molar-refractivity contribution in [2.24, 2.45) is 0 Å². The van der Waals surface area contributed by atoms with Crippen LogP contribution < -0.4 is 10.6 Å². The van der Waals surface area contributed by atoms with Gasteiger partial charge in [0, 0.05) is 24.3 Å². The lowest BCUT2D eigenvalue weighted by Crippen LogP contribution is -2.46. The highest BCUT2D eigenvalue weighted by Gasteiger charge is 2.34. The van der Waals surface area contributed by atoms with Gasteiger partial charge in [-0.05, 0) is 55.7 Å². The lowest BCUT2D eigenvalue weighted by atomic mass is 10.1. The Labute approximate surface area is 169 Å². The van der Waals surface area contributed by atoms with Gasteiger partial charge in [-0.25, -0.2) is 4.39 Å². The molecule has 0 aromatic heterocycles. The van der Waals surface area contributed by atoms with Gasteiger partial charge in [0.05, 0.1) is 5.56 Å². The summed E-state index contributed by atoms with van der Waals surface area (Å²) in [7, 11) is 0. The van der Waals surface area contributed by atoms with E-state index in [9.17, 15) is 18.8 Å². The summed E-state index contributed by atoms with van der Waals surface area (Å²) in [6.07, 6.45) is 2.28. The number of nitrogens with one attached hydrogen (secondary N) is 2. The van der Waals surface area contributed by atoms with Crippen molar-refractivity contribution in [2.75, 3.05) is 18.4 Å². The van der Waals surface area contributed by atoms with Crippen LogP contribution in [-0.4, -0.2) is 41.8 Å². The van der Waals surface area contributed by atoms with Crippen LogP contribution in [0.3, 0.4) is 0 Å². The predicted octanol–water partition coefficient (Wildman–Crippen LogP) is 3.21. The van der Waals surface area contributed by atoms with Gasteiger partial charge in [0.25, 0.3) is 11.8 Å². The zero-order chi connectivity index (χ0) is 20.8. The minimum absolute atomic E-state index is 0.0503. The molecule has 3 amide bonds. The fourth-order valence-corrected chi connectivity index (χ4v) is 3.35. The standard InChI is InChI=1S/C22H24FN3O3/c1-2-13-24-21(28)19-8-5-14-26(19)22(29)15-9-11-16(12-10-15)25-20(27)17-6-3-4-7-18(17)23/h3-4,6-7,9-12,19H,2,5,8,13-14H2,1H3,(H,24,28)(H,25,27). The number of benzene rings is 2. The molecular weight excluding hydrogens is 373 g/mol. The Morgan fingerprint density at radius 1 is 1.10 bits per heavy atom. The van der Waals surface area contributed by atoms with Crippen LogP contribution in [0.2, 0.25) is 0 Å². The maximum atomic E-state index is 13.7. The molecule has 1 saturated heterocycles. The molecule has 3 rings (SSSR count). The molecule has 0 radical (unpaired) electrons. The van der Waals surface area contributed by atoms with Gasteiger partial charge < -0.3 is 15.5 Å². The van der Waals surface area contributed by atoms with Gasteiger partial charge in [-0.2, -0.15) is 0 Å². The van der Waals surface area contributed by atoms with Gasteiger partial charge in [-0.3, -0.25) is 14.4 Å². The maximum Gasteiger partial charge on any atom is 0.258 e. The number of hydrogen-bond acceptors (Lipinski definition) is 3. The summed E-state index contributed by atoms with van der Waals surface area (Å²) in [5, 5.41) is 5.47. The van der Waals surface area contributed by atoms with Gasteiger partial charge in [-0.1, -0.05) is 19.1 Å². The van der Waals surface area contributed by atoms with Crippen molar-refractivity contribution in [2.45, 2.75) is 32.2 Å². The van der Waals surface area contributed by atoms with E-state index < -0.39 is 17.8 Å². The van der Waals surface area contributed by atoms with Crippen LogP contribution >= 0.6 is 0 Å². The van der Waals surface area contributed by atoms with E-state index in [1.165, 1.54) is 18.2 Å². The van der Waals surface area contributed by atoms with Crippen molar-refractivity contribution in [3.63, 3.8) is 0 Å². The number of hydrogen-bond donors (Lipinski definition) is 2. The molecule has 2 aromatic rings. The number of anilines is 1. The molecule has 0 bridgehead atoms. The molecule has 6 nitrogen and oxygen atoms in total. The summed E-state index contributed by atoms with van der Waals surface area (Å²) in [4.78, 5) is 38.9. The molecule has 2 N–H and O–H groups in total. The Kier molecular flexibility index (Phi) is 6.59. The van der Waals surface area contributed by atoms with Crippen LogP contribution in [0.5, 0.6) is 0 Å². The maximum absolute atomic E-state index is 13.7. The Morgan fingerprint density at radius 3 is 2.52 bits per heavy atom. The second-order valence-electron chi connectivity index (χ2n) is 6.96. The molecule has 1 atom stereocenters. The minimum atomic E-state index is -0.599. The van der Waals surface area contributed by atoms with Crippen LogP contribution in [0.4, 0.5) is 10.1 Å². The Hall–Kier alpha value is -3.22. The topological polar surface area (TPSA) is 78.5 Å². The van der Waals surface area contributed by atoms with Crippen LogP contribution in [0.15, 0.2) is 48.5 Å². The fraction of sp³-hybridized carbons (Fsp3) is 0.318. The first-order valence-electron chi connectivity index (χ1n) is 9.76. The normalized spacial score (nSPS) is 15.8. The van der Waals surface area contributed by atoms with E-state index in [0.717, 1.165) is 12.8 Å². The quantitative estimate of drug-likeness (QED) is 0.786. The number of likely N-dealkylation sites (tertiary alicyclic amines) is 1. The largest absolute Gasteiger partial charge is 0.354 e. The first-order chi connectivity index (χ1) is 14.0. The Bertz CT molecular complexity index is 898. The highest BCUT2D eigenvalue weighted by Crippen LogP contribution is 2.21. The molecule has 0 aliphatic carbocycles. The van der Waals surface area contributed by atoms with E-state index in [4.69, 9.17) is 0 Å². The second kappa shape index (κ2) is 9.32. The van der Waals surface area contributed by atoms with E-state index in [1.54, 1.807) is 35.2 Å². The molecule has 7 heteroatoms. The van der Waals surface area contributed by atoms with Gasteiger partial charge in [-0.15, -0.1) is 0 Å². The zero-order valence-electron chi connectivity index (χ0n) is 16.3. The highest BCUT2D eigenvalue weighted by molar-refractivity contribution is 6.05. The van der Waals surface area contributed by atoms with Crippen molar-refractivity contribution in [3.8, 4) is 0 Å². The SMILES string of the molecule is CCCNC(=O)C1CCCN1C(=O)c1ccc(NC(=O)c2ccccc2F)cc1. The molecule has 0 saturated carbocycles. The monoisotopic (exact) mass is 397 g/mol. The molecule has 29 heavy (non-hydrogen) atoms. The molecule has 1 fully saturated rings. The summed E-state index contributed by atoms with van der Waals surface area (Å²) in [6.45, 7) is 3.10. The lowest BCUT2D eigenvalue weighted by Gasteiger charge is -2.24. The van der Waals surface area contributed by atoms with Crippen molar-refractivity contribution in [3.05, 3.63) is 65.5 Å². The molecule has 1 aliphatic heterocycles. The van der Waals surface area contributed by atoms with E-state index >= 15 is 0 Å². The van der Waals surface area contributed by atoms with Crippen molar-refractivity contribution < 1.29 is 18.8 Å². The summed E-state index contributed by atoms with van der Waals surface area (Å²) in [5.41, 5.74) is 0.836. The van der Waals surface area contributed by atoms with Crippen LogP contribution in [0, 0.1) is 5.82 Å². The number of rotatable bonds is 6. The van der Waals surface area contributed by atoms with Gasteiger partial charge in [0.2, 0.25) is 5.91 Å². The highest BCUT2D eigenvalue weighted by atomic mass is 19.1. The van der Waals surface area contributed by atoms with E-state index in [0.29, 0.717) is 30.8 Å². The smallest absolute Gasteiger partial charge is 0.258 e. The van der Waals surface area contributed by atoms with Gasteiger partial charge in [0.15, 0.2) is 0 Å². The number of amides is 3. The third-order valence-electron chi connectivity index (χ3n) is 4.87. The molecule has 1 heterocycles. The van der Waals surface area contributed by atoms with E-state index in [-0.39, 0.29) is 17.4 Å². The first kappa shape index (κ1) is 20.5. The van der Waals surface area contributed by atoms with Crippen molar-refractivity contribution in [1.29, 1.82) is 0 Å². The molecule has 0 spiro atoms. The van der Waals surface area contributed by atoms with E-state index in [2.05, 4.69) is 10.6 Å². The third-order valence-corrected chi connectivity index (χ3v) is 4.87. The fourth-order valence-electron chi connectivity index (χ4n) is 3.35. The Balaban J connectivity index is 1.66. The summed E-state index contributed by atoms with van der Waals surface area (Å²) < 4.78 is 13.7. The third kappa shape index (κ3) is 4.80. The van der Waals surface area contributed by atoms with Crippen LogP contribution in [-0.2, 0) is 4.79 Å². The van der Waals surface area contributed by atoms with Crippen LogP contribution in [0.25, 0.3) is 0 Å². The lowest BCUT2D eigenvalue weighted by molar-refractivity contribution is -0.124. The van der Waals surface area contributed by atoms with Gasteiger partial charge in [0.1, 0.15) is 11.9 Å². The van der Waals surface area contributed by atoms with E-state index in [1.807, 2.05) is 6.92 Å². The molecule has 2 aromatic carbocycles. The minimum Gasteiger partial charge on any atom is -0.354 e. The predicted molar refractivity (Wildman–Crippen MR) is 108 cm³/mol. The van der Waals surface area contributed by atoms with Crippen LogP contribution in [0.1, 0.15) is 46.9 Å². The summed E-state index contributed by atoms with van der Waals surface area (Å²) in [6, 6.07) is 11.7. The average molecular weight is 397 g/mol. The second-order valence-corrected chi connectivity index (χ2v) is 6.96. The summed E-state index contributed by atoms with van der Waals surface area (Å²) >= 11 is 0. The summed E-state index contributed by atoms with van der Waals surface area (Å²) in [5.74, 6) is -1.50. The molecule has 1 unspecified atom stereocenters. The first-order valence-corrected chi connectivity index (χ1v) is 9.76. The Morgan fingerprint density at radius 2 is 1.83 bits per heavy atom. The number of halogens is 1. The molecular formula is C22H24FN3O3. The number of carbonyl (C=O) groups excluding carboxylic acids is 3. The molecule has 1 aliphatic rings. The average Bonchev–Trinajstić information content (AvgIpc) is 3.22. The van der Waals surface area contributed by atoms with Crippen molar-refractivity contribution >= 4 is 23.4 Å². The number of nitrogens with zero attached hydrogens (tertiary/aromatic N) is 1. The van der Waals surface area contributed by atoms with Gasteiger partial charge >= 0.3 is 0 Å². The number of carbonyl (C=O) groups is 3. The van der Waals surface area contributed by atoms with Crippen molar-refractivity contribution in [1.82, 2.24) is 10.2 Å². The molecule has 152 valence electrons. The zero-order valence-corrected chi connectivity index (χ0v) is 16.3.